The third-order valence-electron chi connectivity index (χ3n) is 1.94. The normalized spacial score (nSPS) is 9.53. The first-order chi connectivity index (χ1) is 8.19. The highest BCUT2D eigenvalue weighted by atomic mass is 35.5. The van der Waals surface area contributed by atoms with E-state index >= 15 is 0 Å². The van der Waals surface area contributed by atoms with Crippen molar-refractivity contribution in [2.24, 2.45) is 0 Å². The lowest BCUT2D eigenvalue weighted by atomic mass is 10.3. The van der Waals surface area contributed by atoms with E-state index in [0.717, 1.165) is 0 Å². The van der Waals surface area contributed by atoms with E-state index in [1.807, 2.05) is 0 Å². The second kappa shape index (κ2) is 6.75. The van der Waals surface area contributed by atoms with Crippen molar-refractivity contribution in [2.45, 2.75) is 0 Å². The van der Waals surface area contributed by atoms with Crippen LogP contribution in [-0.2, 0) is 9.59 Å². The van der Waals surface area contributed by atoms with Gasteiger partial charge in [-0.1, -0.05) is 12.1 Å². The number of rotatable bonds is 4. The molecule has 17 heavy (non-hydrogen) atoms. The standard InChI is InChI=1S/C11H13ClN2O3/c1-17-9-5-3-2-4-8(9)14-11(16)10(15)13-7-6-12/h2-5H,6-7H2,1H3,(H,13,15)(H,14,16). The van der Waals surface area contributed by atoms with Crippen molar-refractivity contribution in [1.82, 2.24) is 5.32 Å². The molecular weight excluding hydrogens is 244 g/mol. The number of nitrogens with one attached hydrogen (secondary N) is 2. The van der Waals surface area contributed by atoms with Gasteiger partial charge in [-0.05, 0) is 12.1 Å². The lowest BCUT2D eigenvalue weighted by molar-refractivity contribution is -0.136. The summed E-state index contributed by atoms with van der Waals surface area (Å²) in [6, 6.07) is 6.83. The lowest BCUT2D eigenvalue weighted by Gasteiger charge is -2.09. The fourth-order valence-corrected chi connectivity index (χ4v) is 1.26. The number of methoxy groups -OCH3 is 1. The van der Waals surface area contributed by atoms with Crippen LogP contribution in [0, 0.1) is 0 Å². The molecule has 0 atom stereocenters. The van der Waals surface area contributed by atoms with Crippen LogP contribution in [0.1, 0.15) is 0 Å². The van der Waals surface area contributed by atoms with Gasteiger partial charge in [0, 0.05) is 12.4 Å². The molecule has 0 aromatic heterocycles. The third-order valence-corrected chi connectivity index (χ3v) is 2.13. The second-order valence-corrected chi connectivity index (χ2v) is 3.48. The predicted octanol–water partition coefficient (Wildman–Crippen LogP) is 0.989. The third kappa shape index (κ3) is 3.96. The minimum atomic E-state index is -0.750. The van der Waals surface area contributed by atoms with Crippen LogP contribution in [0.15, 0.2) is 24.3 Å². The highest BCUT2D eigenvalue weighted by molar-refractivity contribution is 6.39. The van der Waals surface area contributed by atoms with Crippen LogP contribution in [0.25, 0.3) is 0 Å². The number of hydrogen-bond acceptors (Lipinski definition) is 3. The molecule has 0 fully saturated rings. The molecule has 0 aliphatic carbocycles. The Morgan fingerprint density at radius 1 is 1.29 bits per heavy atom. The fraction of sp³-hybridized carbons (Fsp3) is 0.273. The molecule has 0 heterocycles. The van der Waals surface area contributed by atoms with E-state index in [4.69, 9.17) is 16.3 Å². The Balaban J connectivity index is 2.64. The highest BCUT2D eigenvalue weighted by Crippen LogP contribution is 2.22. The molecule has 0 bridgehead atoms. The number of carbonyl (C=O) groups excluding carboxylic acids is 2. The first-order valence-corrected chi connectivity index (χ1v) is 5.50. The van der Waals surface area contributed by atoms with Gasteiger partial charge in [-0.3, -0.25) is 9.59 Å². The molecule has 5 nitrogen and oxygen atoms in total. The molecule has 0 saturated heterocycles. The van der Waals surface area contributed by atoms with Gasteiger partial charge in [0.1, 0.15) is 5.75 Å². The molecule has 0 spiro atoms. The number of benzene rings is 1. The van der Waals surface area contributed by atoms with Crippen molar-refractivity contribution in [3.05, 3.63) is 24.3 Å². The molecule has 0 unspecified atom stereocenters. The summed E-state index contributed by atoms with van der Waals surface area (Å²) >= 11 is 5.39. The van der Waals surface area contributed by atoms with Crippen LogP contribution >= 0.6 is 11.6 Å². The minimum Gasteiger partial charge on any atom is -0.495 e. The predicted molar refractivity (Wildman–Crippen MR) is 65.4 cm³/mol. The minimum absolute atomic E-state index is 0.250. The molecule has 0 aliphatic rings. The average Bonchev–Trinajstić information content (AvgIpc) is 2.36. The topological polar surface area (TPSA) is 67.4 Å². The Bertz CT molecular complexity index is 409. The van der Waals surface area contributed by atoms with Gasteiger partial charge in [-0.2, -0.15) is 0 Å². The summed E-state index contributed by atoms with van der Waals surface area (Å²) in [5.74, 6) is -0.726. The molecule has 1 aromatic carbocycles. The lowest BCUT2D eigenvalue weighted by Crippen LogP contribution is -2.36. The monoisotopic (exact) mass is 256 g/mol. The van der Waals surface area contributed by atoms with E-state index in [-0.39, 0.29) is 12.4 Å². The first-order valence-electron chi connectivity index (χ1n) is 4.97. The first kappa shape index (κ1) is 13.3. The van der Waals surface area contributed by atoms with E-state index in [1.165, 1.54) is 7.11 Å². The molecule has 2 amide bonds. The quantitative estimate of drug-likeness (QED) is 0.624. The van der Waals surface area contributed by atoms with Crippen molar-refractivity contribution >= 4 is 29.1 Å². The second-order valence-electron chi connectivity index (χ2n) is 3.10. The number of alkyl halides is 1. The maximum Gasteiger partial charge on any atom is 0.313 e. The average molecular weight is 257 g/mol. The summed E-state index contributed by atoms with van der Waals surface area (Å²) in [5, 5.41) is 4.82. The van der Waals surface area contributed by atoms with Crippen molar-refractivity contribution < 1.29 is 14.3 Å². The Labute approximate surface area is 104 Å². The van der Waals surface area contributed by atoms with E-state index < -0.39 is 11.8 Å². The van der Waals surface area contributed by atoms with Gasteiger partial charge in [0.2, 0.25) is 0 Å². The Morgan fingerprint density at radius 3 is 2.65 bits per heavy atom. The summed E-state index contributed by atoms with van der Waals surface area (Å²) in [5.41, 5.74) is 0.445. The van der Waals surface area contributed by atoms with Gasteiger partial charge >= 0.3 is 11.8 Å². The van der Waals surface area contributed by atoms with Crippen LogP contribution in [-0.4, -0.2) is 31.3 Å². The summed E-state index contributed by atoms with van der Waals surface area (Å²) < 4.78 is 5.04. The van der Waals surface area contributed by atoms with E-state index in [9.17, 15) is 9.59 Å². The molecule has 0 radical (unpaired) electrons. The molecule has 2 N–H and O–H groups in total. The SMILES string of the molecule is COc1ccccc1NC(=O)C(=O)NCCCl. The maximum atomic E-state index is 11.5. The van der Waals surface area contributed by atoms with Crippen LogP contribution in [0.3, 0.4) is 0 Å². The summed E-state index contributed by atoms with van der Waals surface area (Å²) in [7, 11) is 1.48. The zero-order chi connectivity index (χ0) is 12.7. The maximum absolute atomic E-state index is 11.5. The van der Waals surface area contributed by atoms with Gasteiger partial charge in [-0.15, -0.1) is 11.6 Å². The van der Waals surface area contributed by atoms with Crippen LogP contribution in [0.4, 0.5) is 5.69 Å². The van der Waals surface area contributed by atoms with Gasteiger partial charge in [-0.25, -0.2) is 0 Å². The molecule has 92 valence electrons. The molecule has 0 aliphatic heterocycles. The molecule has 1 aromatic rings. The number of amides is 2. The number of ether oxygens (including phenoxy) is 1. The number of hydrogen-bond donors (Lipinski definition) is 2. The molecule has 1 rings (SSSR count). The number of halogens is 1. The molecule has 6 heteroatoms. The number of carbonyl (C=O) groups is 2. The smallest absolute Gasteiger partial charge is 0.313 e. The summed E-state index contributed by atoms with van der Waals surface area (Å²) in [6.45, 7) is 0.250. The highest BCUT2D eigenvalue weighted by Gasteiger charge is 2.14. The Morgan fingerprint density at radius 2 is 2.00 bits per heavy atom. The van der Waals surface area contributed by atoms with Crippen LogP contribution < -0.4 is 15.4 Å². The molecule has 0 saturated carbocycles. The van der Waals surface area contributed by atoms with E-state index in [0.29, 0.717) is 11.4 Å². The molecular formula is C11H13ClN2O3. The number of para-hydroxylation sites is 2. The fourth-order valence-electron chi connectivity index (χ4n) is 1.17. The van der Waals surface area contributed by atoms with Crippen molar-refractivity contribution in [2.75, 3.05) is 24.9 Å². The van der Waals surface area contributed by atoms with Crippen LogP contribution in [0.2, 0.25) is 0 Å². The summed E-state index contributed by atoms with van der Waals surface area (Å²) in [6.07, 6.45) is 0. The zero-order valence-corrected chi connectivity index (χ0v) is 10.1. The van der Waals surface area contributed by atoms with Gasteiger partial charge in [0.15, 0.2) is 0 Å². The Hall–Kier alpha value is -1.75. The van der Waals surface area contributed by atoms with Gasteiger partial charge in [0.25, 0.3) is 0 Å². The van der Waals surface area contributed by atoms with Crippen molar-refractivity contribution in [3.63, 3.8) is 0 Å². The van der Waals surface area contributed by atoms with Crippen LogP contribution in [0.5, 0.6) is 5.75 Å². The Kier molecular flexibility index (Phi) is 5.29. The largest absolute Gasteiger partial charge is 0.495 e. The van der Waals surface area contributed by atoms with Gasteiger partial charge < -0.3 is 15.4 Å². The van der Waals surface area contributed by atoms with Gasteiger partial charge in [0.05, 0.1) is 12.8 Å². The van der Waals surface area contributed by atoms with E-state index in [1.54, 1.807) is 24.3 Å². The van der Waals surface area contributed by atoms with Crippen molar-refractivity contribution in [3.8, 4) is 5.75 Å². The van der Waals surface area contributed by atoms with Crippen molar-refractivity contribution in [1.29, 1.82) is 0 Å². The van der Waals surface area contributed by atoms with E-state index in [2.05, 4.69) is 10.6 Å². The number of anilines is 1. The zero-order valence-electron chi connectivity index (χ0n) is 9.33. The summed E-state index contributed by atoms with van der Waals surface area (Å²) in [4.78, 5) is 22.7.